The summed E-state index contributed by atoms with van der Waals surface area (Å²) in [5, 5.41) is 8.98. The molecule has 1 saturated heterocycles. The number of nitrogens with zero attached hydrogens (tertiary/aromatic N) is 3. The molecule has 1 aromatic carbocycles. The zero-order chi connectivity index (χ0) is 16.2. The van der Waals surface area contributed by atoms with Gasteiger partial charge in [-0.2, -0.15) is 5.10 Å². The van der Waals surface area contributed by atoms with Crippen molar-refractivity contribution in [1.82, 2.24) is 10.2 Å². The van der Waals surface area contributed by atoms with Gasteiger partial charge in [-0.1, -0.05) is 31.0 Å². The third-order valence-electron chi connectivity index (χ3n) is 5.09. The summed E-state index contributed by atoms with van der Waals surface area (Å²) in [6, 6.07) is 12.6. The van der Waals surface area contributed by atoms with Gasteiger partial charge in [0.15, 0.2) is 5.82 Å². The number of hydrogen-bond acceptors (Lipinski definition) is 4. The highest BCUT2D eigenvalue weighted by molar-refractivity contribution is 5.38. The second kappa shape index (κ2) is 7.20. The number of anilines is 1. The van der Waals surface area contributed by atoms with E-state index in [2.05, 4.69) is 45.4 Å². The lowest BCUT2D eigenvalue weighted by Crippen LogP contribution is -2.26. The van der Waals surface area contributed by atoms with Crippen LogP contribution in [0.3, 0.4) is 0 Å². The second-order valence-electron chi connectivity index (χ2n) is 6.98. The molecule has 4 rings (SSSR count). The van der Waals surface area contributed by atoms with Crippen molar-refractivity contribution in [1.29, 1.82) is 0 Å². The van der Waals surface area contributed by atoms with Crippen molar-refractivity contribution < 1.29 is 4.74 Å². The predicted molar refractivity (Wildman–Crippen MR) is 95.5 cm³/mol. The molecule has 0 amide bonds. The summed E-state index contributed by atoms with van der Waals surface area (Å²) < 4.78 is 5.88. The highest BCUT2D eigenvalue weighted by Crippen LogP contribution is 2.28. The minimum atomic E-state index is 0.484. The third kappa shape index (κ3) is 3.53. The first kappa shape index (κ1) is 15.4. The zero-order valence-electron chi connectivity index (χ0n) is 14.2. The lowest BCUT2D eigenvalue weighted by atomic mass is 9.93. The molecule has 1 aromatic heterocycles. The van der Waals surface area contributed by atoms with Crippen molar-refractivity contribution in [2.24, 2.45) is 5.92 Å². The number of hydrogen-bond donors (Lipinski definition) is 0. The van der Waals surface area contributed by atoms with Gasteiger partial charge in [-0.15, -0.1) is 5.10 Å². The SMILES string of the molecule is c1ccc2c(c1)C[C@H](Cc1ccc(N3CCCCCC3)nn1)CO2. The van der Waals surface area contributed by atoms with Crippen molar-refractivity contribution in [3.63, 3.8) is 0 Å². The van der Waals surface area contributed by atoms with Crippen LogP contribution in [0.5, 0.6) is 5.75 Å². The molecule has 4 heteroatoms. The van der Waals surface area contributed by atoms with Crippen molar-refractivity contribution >= 4 is 5.82 Å². The quantitative estimate of drug-likeness (QED) is 0.864. The molecule has 3 heterocycles. The van der Waals surface area contributed by atoms with E-state index in [4.69, 9.17) is 4.74 Å². The maximum atomic E-state index is 5.88. The van der Waals surface area contributed by atoms with Crippen molar-refractivity contribution in [2.75, 3.05) is 24.6 Å². The van der Waals surface area contributed by atoms with Gasteiger partial charge in [0.25, 0.3) is 0 Å². The molecular formula is C20H25N3O. The lowest BCUT2D eigenvalue weighted by Gasteiger charge is -2.25. The van der Waals surface area contributed by atoms with E-state index in [0.29, 0.717) is 5.92 Å². The Morgan fingerprint density at radius 3 is 2.58 bits per heavy atom. The van der Waals surface area contributed by atoms with Crippen LogP contribution < -0.4 is 9.64 Å². The molecular weight excluding hydrogens is 298 g/mol. The van der Waals surface area contributed by atoms with Crippen LogP contribution in [-0.2, 0) is 12.8 Å². The summed E-state index contributed by atoms with van der Waals surface area (Å²) in [6.45, 7) is 3.00. The first-order chi connectivity index (χ1) is 11.9. The molecule has 0 N–H and O–H groups in total. The highest BCUT2D eigenvalue weighted by Gasteiger charge is 2.20. The Morgan fingerprint density at radius 1 is 0.958 bits per heavy atom. The fourth-order valence-corrected chi connectivity index (χ4v) is 3.75. The predicted octanol–water partition coefficient (Wildman–Crippen LogP) is 3.65. The summed E-state index contributed by atoms with van der Waals surface area (Å²) in [5.74, 6) is 2.56. The van der Waals surface area contributed by atoms with Crippen LogP contribution >= 0.6 is 0 Å². The van der Waals surface area contributed by atoms with Crippen LogP contribution in [0.2, 0.25) is 0 Å². The fraction of sp³-hybridized carbons (Fsp3) is 0.500. The normalized spacial score (nSPS) is 20.8. The molecule has 0 spiro atoms. The van der Waals surface area contributed by atoms with Crippen molar-refractivity contribution in [2.45, 2.75) is 38.5 Å². The molecule has 2 aliphatic rings. The van der Waals surface area contributed by atoms with E-state index in [1.807, 2.05) is 6.07 Å². The van der Waals surface area contributed by atoms with Crippen LogP contribution in [0.15, 0.2) is 36.4 Å². The number of ether oxygens (including phenoxy) is 1. The zero-order valence-corrected chi connectivity index (χ0v) is 14.2. The van der Waals surface area contributed by atoms with Crippen molar-refractivity contribution in [3.8, 4) is 5.75 Å². The average Bonchev–Trinajstić information content (AvgIpc) is 2.92. The summed E-state index contributed by atoms with van der Waals surface area (Å²) in [6.07, 6.45) is 7.20. The molecule has 126 valence electrons. The van der Waals surface area contributed by atoms with E-state index >= 15 is 0 Å². The molecule has 4 nitrogen and oxygen atoms in total. The first-order valence-electron chi connectivity index (χ1n) is 9.17. The fourth-order valence-electron chi connectivity index (χ4n) is 3.75. The van der Waals surface area contributed by atoms with E-state index in [9.17, 15) is 0 Å². The molecule has 1 atom stereocenters. The molecule has 2 aliphatic heterocycles. The molecule has 2 aromatic rings. The van der Waals surface area contributed by atoms with Gasteiger partial charge >= 0.3 is 0 Å². The summed E-state index contributed by atoms with van der Waals surface area (Å²) in [7, 11) is 0. The van der Waals surface area contributed by atoms with Gasteiger partial charge in [0.05, 0.1) is 12.3 Å². The number of para-hydroxylation sites is 1. The minimum absolute atomic E-state index is 0.484. The maximum Gasteiger partial charge on any atom is 0.151 e. The largest absolute Gasteiger partial charge is 0.493 e. The monoisotopic (exact) mass is 323 g/mol. The Balaban J connectivity index is 1.39. The van der Waals surface area contributed by atoms with Crippen LogP contribution in [0, 0.1) is 5.92 Å². The van der Waals surface area contributed by atoms with Gasteiger partial charge in [-0.05, 0) is 49.4 Å². The molecule has 0 saturated carbocycles. The molecule has 0 radical (unpaired) electrons. The van der Waals surface area contributed by atoms with E-state index < -0.39 is 0 Å². The number of fused-ring (bicyclic) bond motifs is 1. The van der Waals surface area contributed by atoms with Gasteiger partial charge in [0.2, 0.25) is 0 Å². The maximum absolute atomic E-state index is 5.88. The highest BCUT2D eigenvalue weighted by atomic mass is 16.5. The third-order valence-corrected chi connectivity index (χ3v) is 5.09. The minimum Gasteiger partial charge on any atom is -0.493 e. The van der Waals surface area contributed by atoms with Gasteiger partial charge < -0.3 is 9.64 Å². The Hall–Kier alpha value is -2.10. The van der Waals surface area contributed by atoms with Crippen LogP contribution in [0.25, 0.3) is 0 Å². The summed E-state index contributed by atoms with van der Waals surface area (Å²) in [5.41, 5.74) is 2.38. The smallest absolute Gasteiger partial charge is 0.151 e. The van der Waals surface area contributed by atoms with E-state index in [1.165, 1.54) is 31.2 Å². The molecule has 0 bridgehead atoms. The van der Waals surface area contributed by atoms with Gasteiger partial charge in [0, 0.05) is 19.0 Å². The van der Waals surface area contributed by atoms with Crippen LogP contribution in [0.1, 0.15) is 36.9 Å². The standard InChI is InChI=1S/C20H25N3O/c1-2-6-12-23(11-5-1)20-10-9-18(21-22-20)14-16-13-17-7-3-4-8-19(17)24-15-16/h3-4,7-10,16H,1-2,5-6,11-15H2/t16-/m1/s1. The summed E-state index contributed by atoms with van der Waals surface area (Å²) in [4.78, 5) is 2.38. The molecule has 24 heavy (non-hydrogen) atoms. The number of rotatable bonds is 3. The molecule has 1 fully saturated rings. The lowest BCUT2D eigenvalue weighted by molar-refractivity contribution is 0.220. The Bertz CT molecular complexity index is 663. The van der Waals surface area contributed by atoms with Gasteiger partial charge in [0.1, 0.15) is 5.75 Å². The first-order valence-corrected chi connectivity index (χ1v) is 9.17. The van der Waals surface area contributed by atoms with Crippen LogP contribution in [-0.4, -0.2) is 29.9 Å². The molecule has 0 aliphatic carbocycles. The topological polar surface area (TPSA) is 38.2 Å². The Morgan fingerprint density at radius 2 is 1.79 bits per heavy atom. The van der Waals surface area contributed by atoms with Crippen LogP contribution in [0.4, 0.5) is 5.82 Å². The van der Waals surface area contributed by atoms with E-state index in [1.54, 1.807) is 0 Å². The van der Waals surface area contributed by atoms with Gasteiger partial charge in [-0.3, -0.25) is 0 Å². The average molecular weight is 323 g/mol. The Kier molecular flexibility index (Phi) is 4.63. The number of benzene rings is 1. The van der Waals surface area contributed by atoms with Crippen molar-refractivity contribution in [3.05, 3.63) is 47.7 Å². The van der Waals surface area contributed by atoms with Gasteiger partial charge in [-0.25, -0.2) is 0 Å². The number of aromatic nitrogens is 2. The van der Waals surface area contributed by atoms with E-state index in [-0.39, 0.29) is 0 Å². The summed E-state index contributed by atoms with van der Waals surface area (Å²) >= 11 is 0. The second-order valence-corrected chi connectivity index (χ2v) is 6.98. The van der Waals surface area contributed by atoms with E-state index in [0.717, 1.165) is 49.8 Å². The Labute approximate surface area is 143 Å². The molecule has 0 unspecified atom stereocenters.